The van der Waals surface area contributed by atoms with E-state index in [0.717, 1.165) is 17.8 Å². The number of hydrogen-bond donors (Lipinski definition) is 0. The van der Waals surface area contributed by atoms with Crippen molar-refractivity contribution in [2.24, 2.45) is 0 Å². The van der Waals surface area contributed by atoms with Gasteiger partial charge in [0.1, 0.15) is 5.76 Å². The molecule has 0 unspecified atom stereocenters. The Morgan fingerprint density at radius 1 is 1.12 bits per heavy atom. The van der Waals surface area contributed by atoms with E-state index in [2.05, 4.69) is 18.0 Å². The second-order valence-corrected chi connectivity index (χ2v) is 4.64. The van der Waals surface area contributed by atoms with Gasteiger partial charge in [-0.2, -0.15) is 0 Å². The highest BCUT2D eigenvalue weighted by molar-refractivity contribution is 5.76. The molecule has 2 heterocycles. The van der Waals surface area contributed by atoms with Crippen LogP contribution in [0.2, 0.25) is 0 Å². The third kappa shape index (κ3) is 3.58. The van der Waals surface area contributed by atoms with E-state index in [4.69, 9.17) is 4.42 Å². The molecule has 0 aromatic carbocycles. The molecule has 0 spiro atoms. The number of aromatic nitrogens is 1. The molecule has 2 rings (SSSR count). The van der Waals surface area contributed by atoms with E-state index in [1.54, 1.807) is 6.20 Å². The predicted octanol–water partition coefficient (Wildman–Crippen LogP) is 4.73. The lowest BCUT2D eigenvalue weighted by atomic mass is 10.1. The zero-order chi connectivity index (χ0) is 11.9. The number of hydrogen-bond acceptors (Lipinski definition) is 2. The maximum atomic E-state index is 5.73. The Bertz CT molecular complexity index is 414. The van der Waals surface area contributed by atoms with Crippen molar-refractivity contribution in [2.75, 3.05) is 0 Å². The van der Waals surface area contributed by atoms with Crippen molar-refractivity contribution in [3.05, 3.63) is 30.3 Å². The molecule has 0 radical (unpaired) electrons. The summed E-state index contributed by atoms with van der Waals surface area (Å²) in [6.45, 7) is 2.25. The summed E-state index contributed by atoms with van der Waals surface area (Å²) < 4.78 is 5.73. The van der Waals surface area contributed by atoms with Gasteiger partial charge in [0.15, 0.2) is 5.58 Å². The fraction of sp³-hybridized carbons (Fsp3) is 0.533. The fourth-order valence-electron chi connectivity index (χ4n) is 2.14. The Morgan fingerprint density at radius 3 is 2.76 bits per heavy atom. The van der Waals surface area contributed by atoms with E-state index in [0.29, 0.717) is 0 Å². The lowest BCUT2D eigenvalue weighted by Gasteiger charge is -1.98. The van der Waals surface area contributed by atoms with Crippen LogP contribution in [-0.2, 0) is 6.42 Å². The zero-order valence-electron chi connectivity index (χ0n) is 10.6. The minimum Gasteiger partial charge on any atom is -0.459 e. The maximum absolute atomic E-state index is 5.73. The number of unbranched alkanes of at least 4 members (excludes halogenated alkanes) is 5. The van der Waals surface area contributed by atoms with E-state index < -0.39 is 0 Å². The van der Waals surface area contributed by atoms with Crippen molar-refractivity contribution >= 4 is 11.0 Å². The van der Waals surface area contributed by atoms with Gasteiger partial charge in [-0.05, 0) is 18.6 Å². The molecular formula is C15H21NO. The predicted molar refractivity (Wildman–Crippen MR) is 71.1 cm³/mol. The quantitative estimate of drug-likeness (QED) is 0.644. The van der Waals surface area contributed by atoms with Crippen molar-refractivity contribution < 1.29 is 4.42 Å². The highest BCUT2D eigenvalue weighted by Gasteiger charge is 2.02. The molecule has 17 heavy (non-hydrogen) atoms. The summed E-state index contributed by atoms with van der Waals surface area (Å²) in [5, 5.41) is 1.17. The second-order valence-electron chi connectivity index (χ2n) is 4.64. The Hall–Kier alpha value is -1.31. The van der Waals surface area contributed by atoms with E-state index >= 15 is 0 Å². The Kier molecular flexibility index (Phi) is 4.60. The number of aryl methyl sites for hydroxylation is 1. The van der Waals surface area contributed by atoms with Gasteiger partial charge < -0.3 is 4.42 Å². The van der Waals surface area contributed by atoms with E-state index in [9.17, 15) is 0 Å². The van der Waals surface area contributed by atoms with Gasteiger partial charge in [0.25, 0.3) is 0 Å². The monoisotopic (exact) mass is 231 g/mol. The number of pyridine rings is 1. The Balaban J connectivity index is 1.75. The summed E-state index contributed by atoms with van der Waals surface area (Å²) in [5.41, 5.74) is 0.911. The van der Waals surface area contributed by atoms with Gasteiger partial charge in [-0.1, -0.05) is 39.0 Å². The molecule has 0 bridgehead atoms. The van der Waals surface area contributed by atoms with Gasteiger partial charge in [0.2, 0.25) is 0 Å². The van der Waals surface area contributed by atoms with Crippen LogP contribution in [-0.4, -0.2) is 4.98 Å². The molecule has 0 saturated heterocycles. The molecule has 92 valence electrons. The lowest BCUT2D eigenvalue weighted by molar-refractivity contribution is 0.521. The van der Waals surface area contributed by atoms with Crippen LogP contribution in [0.1, 0.15) is 51.2 Å². The van der Waals surface area contributed by atoms with Crippen molar-refractivity contribution in [3.8, 4) is 0 Å². The number of nitrogens with zero attached hydrogens (tertiary/aromatic N) is 1. The van der Waals surface area contributed by atoms with Crippen LogP contribution in [0.15, 0.2) is 28.9 Å². The van der Waals surface area contributed by atoms with Crippen LogP contribution in [0.5, 0.6) is 0 Å². The van der Waals surface area contributed by atoms with Gasteiger partial charge >= 0.3 is 0 Å². The summed E-state index contributed by atoms with van der Waals surface area (Å²) in [4.78, 5) is 4.06. The third-order valence-corrected chi connectivity index (χ3v) is 3.15. The van der Waals surface area contributed by atoms with Crippen molar-refractivity contribution in [3.63, 3.8) is 0 Å². The maximum Gasteiger partial charge on any atom is 0.152 e. The molecule has 0 saturated carbocycles. The van der Waals surface area contributed by atoms with E-state index in [-0.39, 0.29) is 0 Å². The first-order valence-electron chi connectivity index (χ1n) is 6.72. The molecule has 2 aromatic rings. The Labute approximate surface area is 103 Å². The molecule has 2 heteroatoms. The standard InChI is InChI=1S/C15H21NO/c1-2-3-4-5-6-7-8-14-11-13-9-10-16-12-15(13)17-14/h9-12H,2-8H2,1H3. The molecule has 0 aliphatic heterocycles. The summed E-state index contributed by atoms with van der Waals surface area (Å²) in [7, 11) is 0. The molecule has 0 aliphatic carbocycles. The molecule has 0 fully saturated rings. The third-order valence-electron chi connectivity index (χ3n) is 3.15. The van der Waals surface area contributed by atoms with Crippen LogP contribution in [0.4, 0.5) is 0 Å². The van der Waals surface area contributed by atoms with Gasteiger partial charge in [0.05, 0.1) is 6.20 Å². The average molecular weight is 231 g/mol. The van der Waals surface area contributed by atoms with Gasteiger partial charge in [0, 0.05) is 18.0 Å². The smallest absolute Gasteiger partial charge is 0.152 e. The van der Waals surface area contributed by atoms with Crippen LogP contribution >= 0.6 is 0 Å². The summed E-state index contributed by atoms with van der Waals surface area (Å²) in [5.74, 6) is 1.10. The number of furan rings is 1. The molecule has 0 N–H and O–H groups in total. The SMILES string of the molecule is CCCCCCCCc1cc2ccncc2o1. The van der Waals surface area contributed by atoms with Gasteiger partial charge in [-0.15, -0.1) is 0 Å². The van der Waals surface area contributed by atoms with Gasteiger partial charge in [-0.3, -0.25) is 4.98 Å². The van der Waals surface area contributed by atoms with Crippen molar-refractivity contribution in [1.82, 2.24) is 4.98 Å². The number of fused-ring (bicyclic) bond motifs is 1. The lowest BCUT2D eigenvalue weighted by Crippen LogP contribution is -1.83. The minimum atomic E-state index is 0.911. The van der Waals surface area contributed by atoms with Gasteiger partial charge in [-0.25, -0.2) is 0 Å². The average Bonchev–Trinajstić information content (AvgIpc) is 2.76. The minimum absolute atomic E-state index is 0.911. The van der Waals surface area contributed by atoms with E-state index in [1.165, 1.54) is 43.9 Å². The highest BCUT2D eigenvalue weighted by atomic mass is 16.3. The van der Waals surface area contributed by atoms with Crippen LogP contribution in [0.3, 0.4) is 0 Å². The second kappa shape index (κ2) is 6.43. The summed E-state index contributed by atoms with van der Waals surface area (Å²) in [6, 6.07) is 4.15. The van der Waals surface area contributed by atoms with Crippen molar-refractivity contribution in [2.45, 2.75) is 51.9 Å². The first-order chi connectivity index (χ1) is 8.40. The normalized spacial score (nSPS) is 11.1. The Morgan fingerprint density at radius 2 is 1.94 bits per heavy atom. The molecule has 2 aromatic heterocycles. The zero-order valence-corrected chi connectivity index (χ0v) is 10.6. The van der Waals surface area contributed by atoms with Crippen LogP contribution in [0, 0.1) is 0 Å². The highest BCUT2D eigenvalue weighted by Crippen LogP contribution is 2.19. The summed E-state index contributed by atoms with van der Waals surface area (Å²) in [6.07, 6.45) is 12.6. The van der Waals surface area contributed by atoms with Crippen LogP contribution < -0.4 is 0 Å². The summed E-state index contributed by atoms with van der Waals surface area (Å²) >= 11 is 0. The number of rotatable bonds is 7. The first kappa shape index (κ1) is 12.2. The van der Waals surface area contributed by atoms with Crippen LogP contribution in [0.25, 0.3) is 11.0 Å². The molecule has 2 nitrogen and oxygen atoms in total. The molecule has 0 aliphatic rings. The van der Waals surface area contributed by atoms with Crippen molar-refractivity contribution in [1.29, 1.82) is 0 Å². The topological polar surface area (TPSA) is 26.0 Å². The largest absolute Gasteiger partial charge is 0.459 e. The first-order valence-corrected chi connectivity index (χ1v) is 6.72. The molecule has 0 amide bonds. The molecule has 0 atom stereocenters. The fourth-order valence-corrected chi connectivity index (χ4v) is 2.14. The van der Waals surface area contributed by atoms with E-state index in [1.807, 2.05) is 12.3 Å². The molecular weight excluding hydrogens is 210 g/mol.